The van der Waals surface area contributed by atoms with E-state index in [-0.39, 0.29) is 5.91 Å². The highest BCUT2D eigenvalue weighted by Crippen LogP contribution is 2.36. The molecule has 0 aliphatic carbocycles. The lowest BCUT2D eigenvalue weighted by molar-refractivity contribution is -0.111. The Morgan fingerprint density at radius 3 is 2.56 bits per heavy atom. The van der Waals surface area contributed by atoms with Gasteiger partial charge in [0.25, 0.3) is 0 Å². The fraction of sp³-hybridized carbons (Fsp3) is 0.192. The number of benzene rings is 3. The molecule has 0 saturated heterocycles. The van der Waals surface area contributed by atoms with Crippen LogP contribution < -0.4 is 24.8 Å². The normalized spacial score (nSPS) is 15.8. The highest BCUT2D eigenvalue weighted by atomic mass is 16.5. The quantitative estimate of drug-likeness (QED) is 0.586. The van der Waals surface area contributed by atoms with Crippen LogP contribution in [0.15, 0.2) is 72.8 Å². The van der Waals surface area contributed by atoms with Crippen LogP contribution in [-0.4, -0.2) is 25.7 Å². The van der Waals surface area contributed by atoms with Crippen LogP contribution >= 0.6 is 0 Å². The van der Waals surface area contributed by atoms with Gasteiger partial charge in [-0.25, -0.2) is 0 Å². The molecule has 2 N–H and O–H groups in total. The fourth-order valence-electron chi connectivity index (χ4n) is 3.84. The number of carbonyl (C=O) groups excluding carboxylic acids is 1. The van der Waals surface area contributed by atoms with E-state index in [1.54, 1.807) is 12.1 Å². The summed E-state index contributed by atoms with van der Waals surface area (Å²) in [6.45, 7) is 2.04. The maximum Gasteiger partial charge on any atom is 0.250 e. The molecule has 6 nitrogen and oxygen atoms in total. The second-order valence-electron chi connectivity index (χ2n) is 7.67. The largest absolute Gasteiger partial charge is 0.490 e. The van der Waals surface area contributed by atoms with E-state index in [1.165, 1.54) is 0 Å². The summed E-state index contributed by atoms with van der Waals surface area (Å²) < 4.78 is 17.5. The summed E-state index contributed by atoms with van der Waals surface area (Å²) in [6, 6.07) is 20.9. The molecule has 6 heteroatoms. The van der Waals surface area contributed by atoms with Crippen LogP contribution in [0.4, 0.5) is 5.69 Å². The first-order chi connectivity index (χ1) is 15.7. The molecule has 0 atom stereocenters. The monoisotopic (exact) mass is 428 g/mol. The van der Waals surface area contributed by atoms with Crippen molar-refractivity contribution in [2.24, 2.45) is 0 Å². The summed E-state index contributed by atoms with van der Waals surface area (Å²) in [6.07, 6.45) is 3.31. The third-order valence-electron chi connectivity index (χ3n) is 5.33. The predicted octanol–water partition coefficient (Wildman–Crippen LogP) is 4.77. The number of carbonyl (C=O) groups is 1. The van der Waals surface area contributed by atoms with Crippen LogP contribution in [0.1, 0.15) is 17.5 Å². The topological polar surface area (TPSA) is 68.8 Å². The van der Waals surface area contributed by atoms with Crippen molar-refractivity contribution in [1.82, 2.24) is 5.32 Å². The Morgan fingerprint density at radius 1 is 0.938 bits per heavy atom. The van der Waals surface area contributed by atoms with Gasteiger partial charge in [0.2, 0.25) is 5.91 Å². The summed E-state index contributed by atoms with van der Waals surface area (Å²) in [5, 5.41) is 6.26. The zero-order valence-corrected chi connectivity index (χ0v) is 17.6. The van der Waals surface area contributed by atoms with Gasteiger partial charge in [-0.15, -0.1) is 0 Å². The van der Waals surface area contributed by atoms with E-state index in [0.717, 1.165) is 53.5 Å². The first kappa shape index (κ1) is 20.0. The molecule has 2 heterocycles. The van der Waals surface area contributed by atoms with Crippen LogP contribution in [-0.2, 0) is 11.2 Å². The summed E-state index contributed by atoms with van der Waals surface area (Å²) in [5.74, 6) is 2.68. The molecule has 3 aromatic rings. The Kier molecular flexibility index (Phi) is 5.66. The van der Waals surface area contributed by atoms with Gasteiger partial charge in [0.1, 0.15) is 11.5 Å². The van der Waals surface area contributed by atoms with E-state index in [4.69, 9.17) is 14.2 Å². The van der Waals surface area contributed by atoms with E-state index in [9.17, 15) is 4.79 Å². The SMILES string of the molecule is O=C(C=C1NCCc2cc3c(cc21)OCCCO3)Nc1cccc(Oc2ccccc2)c1. The Bertz CT molecular complexity index is 1160. The molecule has 0 unspecified atom stereocenters. The first-order valence-electron chi connectivity index (χ1n) is 10.8. The maximum absolute atomic E-state index is 12.8. The van der Waals surface area contributed by atoms with Crippen molar-refractivity contribution in [3.8, 4) is 23.0 Å². The number of fused-ring (bicyclic) bond motifs is 2. The molecule has 3 aromatic carbocycles. The van der Waals surface area contributed by atoms with Crippen molar-refractivity contribution in [1.29, 1.82) is 0 Å². The third-order valence-corrected chi connectivity index (χ3v) is 5.33. The number of amides is 1. The van der Waals surface area contributed by atoms with Crippen molar-refractivity contribution in [2.45, 2.75) is 12.8 Å². The molecule has 0 fully saturated rings. The lowest BCUT2D eigenvalue weighted by Crippen LogP contribution is -2.24. The summed E-state index contributed by atoms with van der Waals surface area (Å²) in [4.78, 5) is 12.8. The van der Waals surface area contributed by atoms with Gasteiger partial charge in [0.05, 0.1) is 13.2 Å². The van der Waals surface area contributed by atoms with E-state index in [0.29, 0.717) is 24.7 Å². The van der Waals surface area contributed by atoms with Crippen molar-refractivity contribution < 1.29 is 19.0 Å². The van der Waals surface area contributed by atoms with E-state index in [2.05, 4.69) is 10.6 Å². The van der Waals surface area contributed by atoms with Gasteiger partial charge in [-0.05, 0) is 48.4 Å². The number of ether oxygens (including phenoxy) is 3. The number of nitrogens with one attached hydrogen (secondary N) is 2. The van der Waals surface area contributed by atoms with Crippen LogP contribution in [0.3, 0.4) is 0 Å². The average Bonchev–Trinajstić information content (AvgIpc) is 3.04. The molecule has 0 saturated carbocycles. The van der Waals surface area contributed by atoms with E-state index < -0.39 is 0 Å². The molecule has 0 radical (unpaired) electrons. The van der Waals surface area contributed by atoms with Crippen LogP contribution in [0.2, 0.25) is 0 Å². The number of para-hydroxylation sites is 1. The third kappa shape index (κ3) is 4.54. The minimum atomic E-state index is -0.218. The van der Waals surface area contributed by atoms with Gasteiger partial charge < -0.3 is 24.8 Å². The molecule has 162 valence electrons. The molecule has 1 amide bonds. The lowest BCUT2D eigenvalue weighted by atomic mass is 9.96. The zero-order valence-electron chi connectivity index (χ0n) is 17.6. The average molecular weight is 428 g/mol. The van der Waals surface area contributed by atoms with E-state index >= 15 is 0 Å². The lowest BCUT2D eigenvalue weighted by Gasteiger charge is -2.23. The Hall–Kier alpha value is -3.93. The molecule has 0 aromatic heterocycles. The predicted molar refractivity (Wildman–Crippen MR) is 123 cm³/mol. The number of rotatable bonds is 4. The minimum absolute atomic E-state index is 0.218. The van der Waals surface area contributed by atoms with Crippen molar-refractivity contribution in [3.05, 3.63) is 83.9 Å². The number of hydrogen-bond acceptors (Lipinski definition) is 5. The Balaban J connectivity index is 1.34. The van der Waals surface area contributed by atoms with E-state index in [1.807, 2.05) is 60.7 Å². The maximum atomic E-state index is 12.8. The Labute approximate surface area is 186 Å². The summed E-state index contributed by atoms with van der Waals surface area (Å²) in [7, 11) is 0. The minimum Gasteiger partial charge on any atom is -0.490 e. The molecule has 0 spiro atoms. The van der Waals surface area contributed by atoms with Crippen molar-refractivity contribution >= 4 is 17.3 Å². The first-order valence-corrected chi connectivity index (χ1v) is 10.8. The van der Waals surface area contributed by atoms with Crippen LogP contribution in [0.5, 0.6) is 23.0 Å². The van der Waals surface area contributed by atoms with Gasteiger partial charge >= 0.3 is 0 Å². The summed E-state index contributed by atoms with van der Waals surface area (Å²) in [5.41, 5.74) is 3.55. The number of hydrogen-bond donors (Lipinski definition) is 2. The standard InChI is InChI=1S/C26H24N2O4/c29-26(28-19-6-4-9-21(15-19)32-20-7-2-1-3-8-20)17-23-22-16-25-24(30-12-5-13-31-25)14-18(22)10-11-27-23/h1-4,6-9,14-17,27H,5,10-13H2,(H,28,29). The second-order valence-corrected chi connectivity index (χ2v) is 7.67. The smallest absolute Gasteiger partial charge is 0.250 e. The Morgan fingerprint density at radius 2 is 1.72 bits per heavy atom. The number of anilines is 1. The van der Waals surface area contributed by atoms with Crippen LogP contribution in [0, 0.1) is 0 Å². The van der Waals surface area contributed by atoms with Gasteiger partial charge in [-0.1, -0.05) is 24.3 Å². The second kappa shape index (κ2) is 9.06. The highest BCUT2D eigenvalue weighted by Gasteiger charge is 2.20. The van der Waals surface area contributed by atoms with Crippen molar-refractivity contribution in [2.75, 3.05) is 25.1 Å². The van der Waals surface area contributed by atoms with Gasteiger partial charge in [0, 0.05) is 42.1 Å². The van der Waals surface area contributed by atoms with Gasteiger partial charge in [-0.3, -0.25) is 4.79 Å². The molecule has 2 aliphatic heterocycles. The van der Waals surface area contributed by atoms with Gasteiger partial charge in [0.15, 0.2) is 11.5 Å². The molecule has 32 heavy (non-hydrogen) atoms. The van der Waals surface area contributed by atoms with Crippen molar-refractivity contribution in [3.63, 3.8) is 0 Å². The molecular weight excluding hydrogens is 404 g/mol. The zero-order chi connectivity index (χ0) is 21.8. The molecule has 2 aliphatic rings. The molecule has 0 bridgehead atoms. The molecular formula is C26H24N2O4. The fourth-order valence-corrected chi connectivity index (χ4v) is 3.84. The summed E-state index contributed by atoms with van der Waals surface area (Å²) >= 11 is 0. The highest BCUT2D eigenvalue weighted by molar-refractivity contribution is 6.04. The molecule has 5 rings (SSSR count). The van der Waals surface area contributed by atoms with Gasteiger partial charge in [-0.2, -0.15) is 0 Å². The van der Waals surface area contributed by atoms with Crippen LogP contribution in [0.25, 0.3) is 5.70 Å².